The highest BCUT2D eigenvalue weighted by Crippen LogP contribution is 2.34. The fourth-order valence-corrected chi connectivity index (χ4v) is 6.06. The lowest BCUT2D eigenvalue weighted by atomic mass is 9.84. The molecule has 7 nitrogen and oxygen atoms in total. The number of benzene rings is 3. The molecular weight excluding hydrogens is 587 g/mol. The van der Waals surface area contributed by atoms with Crippen LogP contribution in [0, 0.1) is 29.1 Å². The van der Waals surface area contributed by atoms with Gasteiger partial charge in [0, 0.05) is 18.3 Å². The molecule has 3 aromatic rings. The molecule has 1 aliphatic carbocycles. The van der Waals surface area contributed by atoms with Gasteiger partial charge in [-0.3, -0.25) is 9.59 Å². The van der Waals surface area contributed by atoms with Crippen molar-refractivity contribution in [3.05, 3.63) is 93.8 Å². The number of carbonyl (C=O) groups is 3. The average Bonchev–Trinajstić information content (AvgIpc) is 3.52. The Balaban J connectivity index is 1.48. The zero-order valence-corrected chi connectivity index (χ0v) is 23.5. The number of anilines is 1. The fraction of sp³-hybridized carbons (Fsp3) is 0.344. The summed E-state index contributed by atoms with van der Waals surface area (Å²) in [4.78, 5) is 40.7. The maximum absolute atomic E-state index is 14.5. The van der Waals surface area contributed by atoms with Gasteiger partial charge in [-0.1, -0.05) is 43.5 Å². The molecule has 0 bridgehead atoms. The van der Waals surface area contributed by atoms with E-state index in [2.05, 4.69) is 0 Å². The predicted octanol–water partition coefficient (Wildman–Crippen LogP) is 6.67. The van der Waals surface area contributed by atoms with Gasteiger partial charge in [-0.15, -0.1) is 0 Å². The van der Waals surface area contributed by atoms with E-state index < -0.39 is 69.8 Å². The molecule has 1 unspecified atom stereocenters. The number of amides is 2. The van der Waals surface area contributed by atoms with Gasteiger partial charge in [0.15, 0.2) is 23.3 Å². The molecule has 2 fully saturated rings. The maximum Gasteiger partial charge on any atom is 0.339 e. The highest BCUT2D eigenvalue weighted by atomic mass is 19.2. The Bertz CT molecular complexity index is 1580. The van der Waals surface area contributed by atoms with Gasteiger partial charge in [-0.05, 0) is 54.9 Å². The van der Waals surface area contributed by atoms with E-state index in [1.54, 1.807) is 0 Å². The third-order valence-corrected chi connectivity index (χ3v) is 8.41. The van der Waals surface area contributed by atoms with E-state index in [0.29, 0.717) is 11.5 Å². The molecule has 1 aliphatic heterocycles. The largest absolute Gasteiger partial charge is 0.507 e. The summed E-state index contributed by atoms with van der Waals surface area (Å²) in [5.41, 5.74) is -0.179. The molecular formula is C32H29F5N2O5. The van der Waals surface area contributed by atoms with Crippen molar-refractivity contribution in [2.24, 2.45) is 0 Å². The number of aromatic hydroxyl groups is 1. The second-order valence-electron chi connectivity index (χ2n) is 11.1. The lowest BCUT2D eigenvalue weighted by molar-refractivity contribution is -0.122. The lowest BCUT2D eigenvalue weighted by Crippen LogP contribution is -2.48. The van der Waals surface area contributed by atoms with E-state index in [-0.39, 0.29) is 31.6 Å². The molecule has 0 radical (unpaired) electrons. The van der Waals surface area contributed by atoms with Gasteiger partial charge in [0.25, 0.3) is 5.91 Å². The van der Waals surface area contributed by atoms with Gasteiger partial charge < -0.3 is 20.0 Å². The summed E-state index contributed by atoms with van der Waals surface area (Å²) in [6.45, 7) is -0.279. The summed E-state index contributed by atoms with van der Waals surface area (Å²) >= 11 is 0. The van der Waals surface area contributed by atoms with Crippen molar-refractivity contribution in [2.45, 2.75) is 63.5 Å². The van der Waals surface area contributed by atoms with Gasteiger partial charge in [-0.2, -0.15) is 0 Å². The third kappa shape index (κ3) is 5.85. The molecule has 2 aliphatic rings. The molecule has 2 amide bonds. The first-order valence-corrected chi connectivity index (χ1v) is 14.3. The van der Waals surface area contributed by atoms with Crippen molar-refractivity contribution in [2.75, 3.05) is 11.4 Å². The van der Waals surface area contributed by atoms with Crippen LogP contribution in [0.1, 0.15) is 82.7 Å². The van der Waals surface area contributed by atoms with E-state index in [1.807, 2.05) is 24.3 Å². The third-order valence-electron chi connectivity index (χ3n) is 8.41. The number of hydrogen-bond donors (Lipinski definition) is 2. The van der Waals surface area contributed by atoms with Crippen LogP contribution in [0.3, 0.4) is 0 Å². The minimum atomic E-state index is -2.41. The van der Waals surface area contributed by atoms with Crippen molar-refractivity contribution in [3.63, 3.8) is 0 Å². The summed E-state index contributed by atoms with van der Waals surface area (Å²) in [6.07, 6.45) is 5.87. The van der Waals surface area contributed by atoms with Gasteiger partial charge in [0.2, 0.25) is 11.7 Å². The van der Waals surface area contributed by atoms with Crippen molar-refractivity contribution < 1.29 is 46.5 Å². The molecule has 2 N–H and O–H groups in total. The van der Waals surface area contributed by atoms with E-state index in [9.17, 15) is 46.5 Å². The number of hydrogen-bond acceptors (Lipinski definition) is 4. The van der Waals surface area contributed by atoms with Crippen LogP contribution in [0.15, 0.2) is 42.5 Å². The van der Waals surface area contributed by atoms with Crippen LogP contribution in [-0.4, -0.2) is 45.5 Å². The molecule has 12 heteroatoms. The Kier molecular flexibility index (Phi) is 8.89. The summed E-state index contributed by atoms with van der Waals surface area (Å²) in [7, 11) is 0. The standard InChI is InChI=1S/C32H29F5N2O5/c33-25-24(26(34)28(36)29(37)27(25)35)31(42)38-14-4-7-22(38)30(41)39(20-12-13-21(32(43)44)23(40)15-20)16-17-8-10-19(11-9-17)18-5-2-1-3-6-18/h8-13,15,18,22,40H,1-7,14,16H2,(H,43,44). The van der Waals surface area contributed by atoms with Crippen LogP contribution in [-0.2, 0) is 11.3 Å². The number of likely N-dealkylation sites (tertiary alicyclic amines) is 1. The van der Waals surface area contributed by atoms with Gasteiger partial charge in [-0.25, -0.2) is 26.7 Å². The topological polar surface area (TPSA) is 98.2 Å². The Hall–Kier alpha value is -4.48. The molecule has 5 rings (SSSR count). The first kappa shape index (κ1) is 31.0. The average molecular weight is 617 g/mol. The lowest BCUT2D eigenvalue weighted by Gasteiger charge is -2.31. The van der Waals surface area contributed by atoms with Crippen LogP contribution >= 0.6 is 0 Å². The van der Waals surface area contributed by atoms with E-state index >= 15 is 0 Å². The molecule has 232 valence electrons. The van der Waals surface area contributed by atoms with Crippen LogP contribution in [0.4, 0.5) is 27.6 Å². The minimum absolute atomic E-state index is 0.0241. The Morgan fingerprint density at radius 3 is 2.00 bits per heavy atom. The molecule has 44 heavy (non-hydrogen) atoms. The van der Waals surface area contributed by atoms with E-state index in [1.165, 1.54) is 17.4 Å². The zero-order valence-electron chi connectivity index (χ0n) is 23.5. The summed E-state index contributed by atoms with van der Waals surface area (Å²) in [5, 5.41) is 19.7. The van der Waals surface area contributed by atoms with Crippen molar-refractivity contribution in [3.8, 4) is 5.75 Å². The fourth-order valence-electron chi connectivity index (χ4n) is 6.06. The molecule has 3 aromatic carbocycles. The first-order valence-electron chi connectivity index (χ1n) is 14.3. The quantitative estimate of drug-likeness (QED) is 0.176. The summed E-state index contributed by atoms with van der Waals surface area (Å²) < 4.78 is 70.5. The van der Waals surface area contributed by atoms with Crippen molar-refractivity contribution >= 4 is 23.5 Å². The van der Waals surface area contributed by atoms with E-state index in [4.69, 9.17) is 0 Å². The number of carboxylic acid groups (broad SMARTS) is 1. The second-order valence-corrected chi connectivity index (χ2v) is 11.1. The Morgan fingerprint density at radius 1 is 0.795 bits per heavy atom. The number of carbonyl (C=O) groups excluding carboxylic acids is 2. The molecule has 0 spiro atoms. The highest BCUT2D eigenvalue weighted by Gasteiger charge is 2.41. The number of nitrogens with zero attached hydrogens (tertiary/aromatic N) is 2. The van der Waals surface area contributed by atoms with Crippen LogP contribution < -0.4 is 4.90 Å². The SMILES string of the molecule is O=C(O)c1ccc(N(Cc2ccc(C3CCCCC3)cc2)C(=O)C2CCCN2C(=O)c2c(F)c(F)c(F)c(F)c2F)cc1O. The summed E-state index contributed by atoms with van der Waals surface area (Å²) in [6, 6.07) is 9.73. The molecule has 1 atom stereocenters. The number of carboxylic acids is 1. The second kappa shape index (κ2) is 12.6. The predicted molar refractivity (Wildman–Crippen MR) is 149 cm³/mol. The molecule has 1 saturated carbocycles. The molecule has 1 heterocycles. The first-order chi connectivity index (χ1) is 21.0. The number of rotatable bonds is 7. The van der Waals surface area contributed by atoms with Crippen molar-refractivity contribution in [1.82, 2.24) is 4.90 Å². The van der Waals surface area contributed by atoms with Gasteiger partial charge >= 0.3 is 5.97 Å². The Labute approximate surface area is 249 Å². The number of aromatic carboxylic acids is 1. The molecule has 0 aromatic heterocycles. The zero-order chi connectivity index (χ0) is 31.7. The number of phenols is 1. The van der Waals surface area contributed by atoms with E-state index in [0.717, 1.165) is 48.3 Å². The van der Waals surface area contributed by atoms with Crippen LogP contribution in [0.2, 0.25) is 0 Å². The monoisotopic (exact) mass is 616 g/mol. The molecule has 1 saturated heterocycles. The van der Waals surface area contributed by atoms with Gasteiger partial charge in [0.1, 0.15) is 22.9 Å². The number of halogens is 5. The van der Waals surface area contributed by atoms with Crippen LogP contribution in [0.5, 0.6) is 5.75 Å². The van der Waals surface area contributed by atoms with Gasteiger partial charge in [0.05, 0.1) is 6.54 Å². The smallest absolute Gasteiger partial charge is 0.339 e. The Morgan fingerprint density at radius 2 is 1.41 bits per heavy atom. The minimum Gasteiger partial charge on any atom is -0.507 e. The highest BCUT2D eigenvalue weighted by molar-refractivity contribution is 6.03. The normalized spacial score (nSPS) is 17.1. The van der Waals surface area contributed by atoms with Crippen LogP contribution in [0.25, 0.3) is 0 Å². The summed E-state index contributed by atoms with van der Waals surface area (Å²) in [5.74, 6) is -15.4. The maximum atomic E-state index is 14.5. The van der Waals surface area contributed by atoms with Crippen molar-refractivity contribution in [1.29, 1.82) is 0 Å².